The minimum atomic E-state index is -0.670. The van der Waals surface area contributed by atoms with Crippen molar-refractivity contribution >= 4 is 29.1 Å². The second-order valence-corrected chi connectivity index (χ2v) is 3.81. The third-order valence-electron chi connectivity index (χ3n) is 1.80. The van der Waals surface area contributed by atoms with Crippen LogP contribution in [-0.4, -0.2) is 22.6 Å². The van der Waals surface area contributed by atoms with Crippen LogP contribution in [0, 0.1) is 0 Å². The van der Waals surface area contributed by atoms with Crippen molar-refractivity contribution in [2.75, 3.05) is 6.73 Å². The normalized spacial score (nSPS) is 15.6. The minimum Gasteiger partial charge on any atom is -0.453 e. The van der Waals surface area contributed by atoms with Crippen LogP contribution in [0.25, 0.3) is 0 Å². The number of halogens is 2. The van der Waals surface area contributed by atoms with E-state index in [4.69, 9.17) is 27.9 Å². The third-order valence-corrected chi connectivity index (χ3v) is 2.25. The largest absolute Gasteiger partial charge is 0.453 e. The van der Waals surface area contributed by atoms with Gasteiger partial charge < -0.3 is 4.74 Å². The summed E-state index contributed by atoms with van der Waals surface area (Å²) >= 11 is 11.3. The molecule has 1 heterocycles. The van der Waals surface area contributed by atoms with E-state index >= 15 is 0 Å². The van der Waals surface area contributed by atoms with Crippen molar-refractivity contribution in [2.45, 2.75) is 4.96 Å². The lowest BCUT2D eigenvalue weighted by atomic mass is 10.2. The average molecular weight is 231 g/mol. The number of rotatable bonds is 2. The lowest BCUT2D eigenvalue weighted by Gasteiger charge is -2.10. The molecule has 3 nitrogen and oxygen atoms in total. The van der Waals surface area contributed by atoms with E-state index in [1.807, 2.05) is 30.3 Å². The van der Waals surface area contributed by atoms with E-state index in [1.54, 1.807) is 0 Å². The summed E-state index contributed by atoms with van der Waals surface area (Å²) in [5.41, 5.74) is 0.920. The Morgan fingerprint density at radius 3 is 2.57 bits per heavy atom. The Bertz CT molecular complexity index is 340. The Morgan fingerprint density at radius 1 is 1.29 bits per heavy atom. The molecule has 0 aliphatic carbocycles. The van der Waals surface area contributed by atoms with Crippen LogP contribution in [0.3, 0.4) is 0 Å². The summed E-state index contributed by atoms with van der Waals surface area (Å²) in [7, 11) is 0. The molecule has 0 atom stereocenters. The van der Waals surface area contributed by atoms with Gasteiger partial charge in [-0.1, -0.05) is 41.4 Å². The first kappa shape index (κ1) is 9.62. The van der Waals surface area contributed by atoms with Gasteiger partial charge in [-0.3, -0.25) is 0 Å². The third kappa shape index (κ3) is 1.94. The summed E-state index contributed by atoms with van der Waals surface area (Å²) < 4.78 is 5.32. The Labute approximate surface area is 91.9 Å². The number of hydrogen-bond acceptors (Lipinski definition) is 3. The molecule has 1 aromatic rings. The molecule has 1 aliphatic heterocycles. The van der Waals surface area contributed by atoms with Gasteiger partial charge in [0.25, 0.3) is 0 Å². The zero-order valence-corrected chi connectivity index (χ0v) is 8.74. The van der Waals surface area contributed by atoms with Gasteiger partial charge >= 0.3 is 0 Å². The van der Waals surface area contributed by atoms with Crippen LogP contribution in [0.5, 0.6) is 0 Å². The van der Waals surface area contributed by atoms with E-state index in [2.05, 4.69) is 5.10 Å². The molecule has 0 N–H and O–H groups in total. The zero-order valence-electron chi connectivity index (χ0n) is 7.23. The second kappa shape index (κ2) is 4.07. The van der Waals surface area contributed by atoms with Crippen molar-refractivity contribution in [3.05, 3.63) is 35.9 Å². The first-order valence-electron chi connectivity index (χ1n) is 4.09. The molecule has 0 amide bonds. The van der Waals surface area contributed by atoms with Gasteiger partial charge in [0, 0.05) is 5.56 Å². The number of hydrazone groups is 1. The Kier molecular flexibility index (Phi) is 2.79. The molecule has 0 radical (unpaired) electrons. The van der Waals surface area contributed by atoms with Crippen LogP contribution in [0.2, 0.25) is 0 Å². The predicted molar refractivity (Wildman–Crippen MR) is 56.3 cm³/mol. The molecule has 74 valence electrons. The number of ether oxygens (including phenoxy) is 1. The van der Waals surface area contributed by atoms with Crippen molar-refractivity contribution in [1.82, 2.24) is 5.01 Å². The maximum absolute atomic E-state index is 5.64. The maximum Gasteiger partial charge on any atom is 0.240 e. The molecule has 0 fully saturated rings. The number of hydrogen-bond donors (Lipinski definition) is 0. The first-order chi connectivity index (χ1) is 6.77. The van der Waals surface area contributed by atoms with Gasteiger partial charge in [0.15, 0.2) is 11.7 Å². The Hall–Kier alpha value is -0.930. The van der Waals surface area contributed by atoms with Crippen molar-refractivity contribution < 1.29 is 4.74 Å². The summed E-state index contributed by atoms with van der Waals surface area (Å²) in [6.07, 6.45) is 0. The topological polar surface area (TPSA) is 24.8 Å². The van der Waals surface area contributed by atoms with E-state index in [9.17, 15) is 0 Å². The van der Waals surface area contributed by atoms with Crippen LogP contribution < -0.4 is 0 Å². The van der Waals surface area contributed by atoms with Gasteiger partial charge in [-0.05, 0) is 12.1 Å². The SMILES string of the molecule is ClC(Cl)N1COC(c2ccccc2)=N1. The fourth-order valence-electron chi connectivity index (χ4n) is 1.12. The van der Waals surface area contributed by atoms with E-state index in [-0.39, 0.29) is 0 Å². The molecule has 2 rings (SSSR count). The van der Waals surface area contributed by atoms with Crippen LogP contribution in [0.1, 0.15) is 5.56 Å². The molecule has 0 bridgehead atoms. The van der Waals surface area contributed by atoms with Crippen LogP contribution in [-0.2, 0) is 4.74 Å². The van der Waals surface area contributed by atoms with Crippen molar-refractivity contribution in [3.8, 4) is 0 Å². The smallest absolute Gasteiger partial charge is 0.240 e. The van der Waals surface area contributed by atoms with Gasteiger partial charge in [-0.15, -0.1) is 5.10 Å². The Balaban J connectivity index is 2.18. The van der Waals surface area contributed by atoms with Crippen molar-refractivity contribution in [2.24, 2.45) is 5.10 Å². The van der Waals surface area contributed by atoms with Crippen LogP contribution in [0.15, 0.2) is 35.4 Å². The highest BCUT2D eigenvalue weighted by atomic mass is 35.5. The van der Waals surface area contributed by atoms with Gasteiger partial charge in [0.05, 0.1) is 0 Å². The van der Waals surface area contributed by atoms with Crippen LogP contribution in [0.4, 0.5) is 0 Å². The monoisotopic (exact) mass is 230 g/mol. The van der Waals surface area contributed by atoms with Crippen molar-refractivity contribution in [3.63, 3.8) is 0 Å². The van der Waals surface area contributed by atoms with Gasteiger partial charge in [-0.2, -0.15) is 0 Å². The summed E-state index contributed by atoms with van der Waals surface area (Å²) in [4.78, 5) is -0.670. The van der Waals surface area contributed by atoms with E-state index in [0.29, 0.717) is 12.6 Å². The molecule has 1 aromatic carbocycles. The summed E-state index contributed by atoms with van der Waals surface area (Å²) in [5, 5.41) is 5.59. The molecule has 0 saturated carbocycles. The molecule has 1 aliphatic rings. The molecule has 0 unspecified atom stereocenters. The second-order valence-electron chi connectivity index (χ2n) is 2.76. The molecule has 14 heavy (non-hydrogen) atoms. The highest BCUT2D eigenvalue weighted by Crippen LogP contribution is 2.17. The molecular formula is C9H8Cl2N2O. The lowest BCUT2D eigenvalue weighted by Crippen LogP contribution is -2.18. The van der Waals surface area contributed by atoms with Crippen LogP contribution >= 0.6 is 23.2 Å². The number of nitrogens with zero attached hydrogens (tertiary/aromatic N) is 2. The van der Waals surface area contributed by atoms with E-state index in [0.717, 1.165) is 5.56 Å². The maximum atomic E-state index is 5.64. The summed E-state index contributed by atoms with van der Waals surface area (Å²) in [6, 6.07) is 9.60. The molecule has 0 spiro atoms. The minimum absolute atomic E-state index is 0.294. The van der Waals surface area contributed by atoms with E-state index < -0.39 is 4.96 Å². The van der Waals surface area contributed by atoms with E-state index in [1.165, 1.54) is 5.01 Å². The van der Waals surface area contributed by atoms with Gasteiger partial charge in [0.2, 0.25) is 5.90 Å². The highest BCUT2D eigenvalue weighted by molar-refractivity contribution is 6.43. The first-order valence-corrected chi connectivity index (χ1v) is 4.96. The Morgan fingerprint density at radius 2 is 2.00 bits per heavy atom. The molecule has 5 heteroatoms. The number of benzene rings is 1. The molecule has 0 saturated heterocycles. The average Bonchev–Trinajstić information content (AvgIpc) is 2.68. The van der Waals surface area contributed by atoms with Gasteiger partial charge in [-0.25, -0.2) is 5.01 Å². The summed E-state index contributed by atoms with van der Waals surface area (Å²) in [6.45, 7) is 0.294. The fourth-order valence-corrected chi connectivity index (χ4v) is 1.32. The standard InChI is InChI=1S/C9H8Cl2N2O/c10-9(11)13-6-14-8(12-13)7-4-2-1-3-5-7/h1-5,9H,6H2. The fraction of sp³-hybridized carbons (Fsp3) is 0.222. The molecular weight excluding hydrogens is 223 g/mol. The predicted octanol–water partition coefficient (Wildman–Crippen LogP) is 2.40. The highest BCUT2D eigenvalue weighted by Gasteiger charge is 2.20. The zero-order chi connectivity index (χ0) is 9.97. The lowest BCUT2D eigenvalue weighted by molar-refractivity contribution is 0.179. The van der Waals surface area contributed by atoms with Gasteiger partial charge in [0.1, 0.15) is 0 Å². The van der Waals surface area contributed by atoms with Crippen molar-refractivity contribution in [1.29, 1.82) is 0 Å². The molecule has 0 aromatic heterocycles. The number of alkyl halides is 2. The summed E-state index contributed by atoms with van der Waals surface area (Å²) in [5.74, 6) is 0.553. The quantitative estimate of drug-likeness (QED) is 0.576.